The minimum Gasteiger partial charge on any atom is -0.537 e. The third kappa shape index (κ3) is 1.86. The topological polar surface area (TPSA) is 42.6 Å². The first-order valence-corrected chi connectivity index (χ1v) is 8.33. The summed E-state index contributed by atoms with van der Waals surface area (Å²) in [5, 5.41) is 11.2. The Morgan fingerprint density at radius 1 is 0.960 bits per heavy atom. The van der Waals surface area contributed by atoms with E-state index >= 15 is 0 Å². The van der Waals surface area contributed by atoms with Gasteiger partial charge in [0.05, 0.1) is 0 Å². The molecular weight excluding hydrogens is 311 g/mol. The van der Waals surface area contributed by atoms with Gasteiger partial charge in [-0.15, -0.1) is 0 Å². The second-order valence-electron chi connectivity index (χ2n) is 7.02. The lowest BCUT2D eigenvalue weighted by Crippen LogP contribution is -2.14. The van der Waals surface area contributed by atoms with E-state index in [9.17, 15) is 0 Å². The number of para-hydroxylation sites is 1. The molecule has 4 aromatic rings. The molecule has 25 heavy (non-hydrogen) atoms. The molecule has 121 valence electrons. The molecule has 0 atom stereocenters. The third-order valence-electron chi connectivity index (χ3n) is 5.34. The molecular formula is C21H16BO3. The fraction of sp³-hybridized carbons (Fsp3) is 0.143. The van der Waals surface area contributed by atoms with Crippen molar-refractivity contribution < 1.29 is 14.1 Å². The molecule has 0 bridgehead atoms. The minimum atomic E-state index is -0.112. The second kappa shape index (κ2) is 4.90. The Hall–Kier alpha value is -2.72. The molecule has 3 aromatic carbocycles. The van der Waals surface area contributed by atoms with Crippen LogP contribution in [0, 0.1) is 0 Å². The molecule has 1 aliphatic rings. The molecule has 1 aromatic heterocycles. The number of fused-ring (bicyclic) bond motifs is 7. The number of benzene rings is 3. The van der Waals surface area contributed by atoms with Crippen molar-refractivity contribution in [1.29, 1.82) is 0 Å². The van der Waals surface area contributed by atoms with Gasteiger partial charge >= 0.3 is 7.69 Å². The van der Waals surface area contributed by atoms with Crippen LogP contribution in [0.15, 0.2) is 59.0 Å². The Kier molecular flexibility index (Phi) is 2.86. The van der Waals surface area contributed by atoms with Gasteiger partial charge in [-0.05, 0) is 34.9 Å². The molecule has 5 rings (SSSR count). The molecule has 0 saturated carbocycles. The van der Waals surface area contributed by atoms with Crippen LogP contribution < -0.4 is 4.65 Å². The van der Waals surface area contributed by atoms with E-state index in [0.29, 0.717) is 13.4 Å². The highest BCUT2D eigenvalue weighted by Gasteiger charge is 2.37. The monoisotopic (exact) mass is 327 g/mol. The predicted octanol–water partition coefficient (Wildman–Crippen LogP) is 4.80. The summed E-state index contributed by atoms with van der Waals surface area (Å²) in [5.74, 6) is 0.609. The van der Waals surface area contributed by atoms with Gasteiger partial charge in [-0.1, -0.05) is 50.2 Å². The first kappa shape index (κ1) is 14.6. The standard InChI is InChI=1S/C21H16BO3/c1-21(2)16-9-7-12(25-22-23)11-15(16)19-17(21)10-8-14-13-5-3-4-6-18(13)24-20(14)19/h3-11,23H,1-2H3. The van der Waals surface area contributed by atoms with E-state index in [2.05, 4.69) is 38.1 Å². The summed E-state index contributed by atoms with van der Waals surface area (Å²) < 4.78 is 11.4. The van der Waals surface area contributed by atoms with Crippen molar-refractivity contribution in [3.8, 4) is 16.9 Å². The summed E-state index contributed by atoms with van der Waals surface area (Å²) in [6, 6.07) is 18.4. The first-order valence-electron chi connectivity index (χ1n) is 8.33. The minimum absolute atomic E-state index is 0.112. The second-order valence-corrected chi connectivity index (χ2v) is 7.02. The van der Waals surface area contributed by atoms with Gasteiger partial charge in [-0.25, -0.2) is 0 Å². The van der Waals surface area contributed by atoms with Crippen LogP contribution in [0.2, 0.25) is 0 Å². The van der Waals surface area contributed by atoms with Gasteiger partial charge in [0.25, 0.3) is 0 Å². The summed E-state index contributed by atoms with van der Waals surface area (Å²) in [6.45, 7) is 4.45. The van der Waals surface area contributed by atoms with Crippen molar-refractivity contribution >= 4 is 29.6 Å². The Bertz CT molecular complexity index is 1140. The number of rotatable bonds is 2. The van der Waals surface area contributed by atoms with Crippen molar-refractivity contribution in [3.05, 3.63) is 65.7 Å². The van der Waals surface area contributed by atoms with E-state index in [4.69, 9.17) is 14.1 Å². The van der Waals surface area contributed by atoms with Crippen molar-refractivity contribution in [3.63, 3.8) is 0 Å². The van der Waals surface area contributed by atoms with Crippen LogP contribution in [0.5, 0.6) is 5.75 Å². The first-order chi connectivity index (χ1) is 12.1. The third-order valence-corrected chi connectivity index (χ3v) is 5.34. The zero-order valence-electron chi connectivity index (χ0n) is 14.0. The van der Waals surface area contributed by atoms with Gasteiger partial charge in [0.2, 0.25) is 0 Å². The van der Waals surface area contributed by atoms with Gasteiger partial charge < -0.3 is 14.1 Å². The highest BCUT2D eigenvalue weighted by Crippen LogP contribution is 2.53. The van der Waals surface area contributed by atoms with Gasteiger partial charge in [0.15, 0.2) is 0 Å². The Morgan fingerprint density at radius 3 is 2.60 bits per heavy atom. The zero-order chi connectivity index (χ0) is 17.2. The number of furan rings is 1. The molecule has 1 N–H and O–H groups in total. The van der Waals surface area contributed by atoms with Crippen molar-refractivity contribution in [2.24, 2.45) is 0 Å². The molecule has 3 nitrogen and oxygen atoms in total. The smallest absolute Gasteiger partial charge is 0.537 e. The maximum atomic E-state index is 8.97. The lowest BCUT2D eigenvalue weighted by Gasteiger charge is -2.21. The number of hydrogen-bond acceptors (Lipinski definition) is 3. The highest BCUT2D eigenvalue weighted by atomic mass is 16.5. The van der Waals surface area contributed by atoms with Crippen molar-refractivity contribution in [1.82, 2.24) is 0 Å². The van der Waals surface area contributed by atoms with Crippen molar-refractivity contribution in [2.45, 2.75) is 19.3 Å². The predicted molar refractivity (Wildman–Crippen MR) is 99.9 cm³/mol. The average Bonchev–Trinajstić information content (AvgIpc) is 3.09. The quantitative estimate of drug-likeness (QED) is 0.538. The van der Waals surface area contributed by atoms with Crippen LogP contribution >= 0.6 is 0 Å². The molecule has 0 aliphatic heterocycles. The molecule has 0 spiro atoms. The van der Waals surface area contributed by atoms with Crippen LogP contribution in [-0.4, -0.2) is 12.7 Å². The fourth-order valence-corrected chi connectivity index (χ4v) is 4.13. The Labute approximate surface area is 146 Å². The van der Waals surface area contributed by atoms with Gasteiger partial charge in [-0.2, -0.15) is 0 Å². The Morgan fingerprint density at radius 2 is 1.76 bits per heavy atom. The molecule has 0 fully saturated rings. The normalized spacial score (nSPS) is 14.5. The van der Waals surface area contributed by atoms with E-state index in [1.54, 1.807) is 0 Å². The van der Waals surface area contributed by atoms with Crippen LogP contribution in [0.4, 0.5) is 0 Å². The average molecular weight is 327 g/mol. The summed E-state index contributed by atoms with van der Waals surface area (Å²) in [6.07, 6.45) is 0. The molecule has 1 heterocycles. The van der Waals surface area contributed by atoms with Crippen LogP contribution in [0.1, 0.15) is 25.0 Å². The van der Waals surface area contributed by atoms with Crippen LogP contribution in [0.3, 0.4) is 0 Å². The van der Waals surface area contributed by atoms with Crippen LogP contribution in [0.25, 0.3) is 33.1 Å². The molecule has 4 heteroatoms. The Balaban J connectivity index is 1.90. The maximum Gasteiger partial charge on any atom is 0.569 e. The highest BCUT2D eigenvalue weighted by molar-refractivity contribution is 6.17. The van der Waals surface area contributed by atoms with E-state index in [-0.39, 0.29) is 5.41 Å². The van der Waals surface area contributed by atoms with Gasteiger partial charge in [0, 0.05) is 21.8 Å². The SMILES string of the molecule is CC1(C)c2ccc(O[B]O)cc2-c2c1ccc1c2oc2ccccc21. The molecule has 1 aliphatic carbocycles. The van der Waals surface area contributed by atoms with Crippen LogP contribution in [-0.2, 0) is 5.41 Å². The summed E-state index contributed by atoms with van der Waals surface area (Å²) in [7, 11) is 0.713. The largest absolute Gasteiger partial charge is 0.569 e. The molecule has 0 saturated heterocycles. The summed E-state index contributed by atoms with van der Waals surface area (Å²) in [4.78, 5) is 0. The molecule has 0 amide bonds. The summed E-state index contributed by atoms with van der Waals surface area (Å²) in [5.41, 5.74) is 6.41. The molecule has 0 unspecified atom stereocenters. The molecule has 1 radical (unpaired) electrons. The van der Waals surface area contributed by atoms with Gasteiger partial charge in [0.1, 0.15) is 16.9 Å². The van der Waals surface area contributed by atoms with E-state index in [0.717, 1.165) is 33.1 Å². The maximum absolute atomic E-state index is 8.97. The lowest BCUT2D eigenvalue weighted by atomic mass is 9.82. The van der Waals surface area contributed by atoms with Gasteiger partial charge in [-0.3, -0.25) is 0 Å². The van der Waals surface area contributed by atoms with E-state index < -0.39 is 0 Å². The van der Waals surface area contributed by atoms with E-state index in [1.807, 2.05) is 30.3 Å². The number of hydrogen-bond donors (Lipinski definition) is 1. The fourth-order valence-electron chi connectivity index (χ4n) is 4.13. The summed E-state index contributed by atoms with van der Waals surface area (Å²) >= 11 is 0. The van der Waals surface area contributed by atoms with E-state index in [1.165, 1.54) is 11.1 Å². The van der Waals surface area contributed by atoms with Crippen molar-refractivity contribution in [2.75, 3.05) is 0 Å². The lowest BCUT2D eigenvalue weighted by molar-refractivity contribution is 0.454. The zero-order valence-corrected chi connectivity index (χ0v) is 14.0.